The number of nitrogens with one attached hydrogen (secondary N) is 2. The number of hydrogen-bond donors (Lipinski definition) is 2. The van der Waals surface area contributed by atoms with Crippen LogP contribution in [0.15, 0.2) is 17.5 Å². The Hall–Kier alpha value is -2.79. The second-order valence-electron chi connectivity index (χ2n) is 4.68. The van der Waals surface area contributed by atoms with Crippen molar-refractivity contribution in [2.75, 3.05) is 5.32 Å². The standard InChI is InChI=1S/C14H13N7S/c1-8-9(2)18-20-13(10(8)6-15)16-7-12-17-14(21-19-12)11-4-3-5-22-11/h3-5H,7H2,1-2H3,(H,16,20)(H,17,19,21). The quantitative estimate of drug-likeness (QED) is 0.767. The minimum atomic E-state index is 0.393. The number of hydrogen-bond acceptors (Lipinski definition) is 7. The van der Waals surface area contributed by atoms with Gasteiger partial charge in [-0.25, -0.2) is 4.98 Å². The van der Waals surface area contributed by atoms with Crippen LogP contribution in [0.3, 0.4) is 0 Å². The second-order valence-corrected chi connectivity index (χ2v) is 5.63. The van der Waals surface area contributed by atoms with Gasteiger partial charge in [0, 0.05) is 0 Å². The molecule has 22 heavy (non-hydrogen) atoms. The summed E-state index contributed by atoms with van der Waals surface area (Å²) in [6.45, 7) is 4.08. The molecule has 0 aromatic carbocycles. The summed E-state index contributed by atoms with van der Waals surface area (Å²) < 4.78 is 0. The van der Waals surface area contributed by atoms with Gasteiger partial charge in [-0.2, -0.15) is 15.5 Å². The number of thiophene rings is 1. The fourth-order valence-corrected chi connectivity index (χ4v) is 2.58. The van der Waals surface area contributed by atoms with Crippen LogP contribution in [0.4, 0.5) is 5.82 Å². The third kappa shape index (κ3) is 2.66. The van der Waals surface area contributed by atoms with Gasteiger partial charge in [0.25, 0.3) is 0 Å². The third-order valence-electron chi connectivity index (χ3n) is 3.26. The zero-order chi connectivity index (χ0) is 15.5. The van der Waals surface area contributed by atoms with Crippen LogP contribution in [0, 0.1) is 25.2 Å². The fourth-order valence-electron chi connectivity index (χ4n) is 1.93. The van der Waals surface area contributed by atoms with E-state index in [0.717, 1.165) is 16.1 Å². The summed E-state index contributed by atoms with van der Waals surface area (Å²) in [6, 6.07) is 6.08. The van der Waals surface area contributed by atoms with Crippen LogP contribution >= 0.6 is 11.3 Å². The van der Waals surface area contributed by atoms with Gasteiger partial charge in [0.05, 0.1) is 17.1 Å². The molecule has 3 aromatic rings. The molecular weight excluding hydrogens is 298 g/mol. The van der Waals surface area contributed by atoms with Crippen LogP contribution in [0.2, 0.25) is 0 Å². The zero-order valence-electron chi connectivity index (χ0n) is 12.1. The number of aryl methyl sites for hydroxylation is 1. The van der Waals surface area contributed by atoms with Crippen molar-refractivity contribution in [1.29, 1.82) is 5.26 Å². The molecule has 0 amide bonds. The van der Waals surface area contributed by atoms with Crippen molar-refractivity contribution in [3.8, 4) is 16.8 Å². The van der Waals surface area contributed by atoms with Crippen molar-refractivity contribution in [2.45, 2.75) is 20.4 Å². The third-order valence-corrected chi connectivity index (χ3v) is 4.13. The summed E-state index contributed by atoms with van der Waals surface area (Å²) in [7, 11) is 0. The maximum atomic E-state index is 9.26. The Morgan fingerprint density at radius 3 is 2.95 bits per heavy atom. The van der Waals surface area contributed by atoms with Crippen molar-refractivity contribution < 1.29 is 0 Å². The molecule has 0 bridgehead atoms. The number of nitrogens with zero attached hydrogens (tertiary/aromatic N) is 5. The molecule has 3 aromatic heterocycles. The van der Waals surface area contributed by atoms with Crippen molar-refractivity contribution in [3.05, 3.63) is 40.2 Å². The predicted molar refractivity (Wildman–Crippen MR) is 83.2 cm³/mol. The molecule has 0 fully saturated rings. The Labute approximate surface area is 131 Å². The van der Waals surface area contributed by atoms with E-state index in [1.54, 1.807) is 11.3 Å². The van der Waals surface area contributed by atoms with Crippen LogP contribution in [-0.4, -0.2) is 25.4 Å². The topological polar surface area (TPSA) is 103 Å². The van der Waals surface area contributed by atoms with E-state index in [-0.39, 0.29) is 0 Å². The largest absolute Gasteiger partial charge is 0.360 e. The summed E-state index contributed by atoms with van der Waals surface area (Å²) in [6.07, 6.45) is 0. The highest BCUT2D eigenvalue weighted by Crippen LogP contribution is 2.21. The lowest BCUT2D eigenvalue weighted by molar-refractivity contribution is 0.909. The first kappa shape index (κ1) is 14.2. The summed E-state index contributed by atoms with van der Waals surface area (Å²) in [4.78, 5) is 5.42. The molecule has 3 heterocycles. The molecule has 0 unspecified atom stereocenters. The van der Waals surface area contributed by atoms with Crippen molar-refractivity contribution in [3.63, 3.8) is 0 Å². The molecule has 0 saturated carbocycles. The maximum Gasteiger partial charge on any atom is 0.191 e. The Morgan fingerprint density at radius 1 is 1.36 bits per heavy atom. The number of anilines is 1. The molecular formula is C14H13N7S. The fraction of sp³-hybridized carbons (Fsp3) is 0.214. The minimum Gasteiger partial charge on any atom is -0.360 e. The Morgan fingerprint density at radius 2 is 2.23 bits per heavy atom. The van der Waals surface area contributed by atoms with E-state index in [1.165, 1.54) is 0 Å². The lowest BCUT2D eigenvalue weighted by Gasteiger charge is -2.07. The summed E-state index contributed by atoms with van der Waals surface area (Å²) >= 11 is 1.58. The number of H-pyrrole nitrogens is 1. The van der Waals surface area contributed by atoms with Gasteiger partial charge in [-0.1, -0.05) is 6.07 Å². The molecule has 2 N–H and O–H groups in total. The molecule has 0 spiro atoms. The lowest BCUT2D eigenvalue weighted by atomic mass is 10.1. The van der Waals surface area contributed by atoms with Crippen molar-refractivity contribution in [2.24, 2.45) is 0 Å². The summed E-state index contributed by atoms with van der Waals surface area (Å²) in [5.74, 6) is 1.80. The number of nitriles is 1. The van der Waals surface area contributed by atoms with E-state index in [0.29, 0.717) is 29.6 Å². The van der Waals surface area contributed by atoms with Crippen LogP contribution in [-0.2, 0) is 6.54 Å². The number of aromatic amines is 1. The average molecular weight is 311 g/mol. The van der Waals surface area contributed by atoms with Crippen LogP contribution in [0.1, 0.15) is 22.6 Å². The predicted octanol–water partition coefficient (Wildman–Crippen LogP) is 2.42. The maximum absolute atomic E-state index is 9.26. The minimum absolute atomic E-state index is 0.393. The van der Waals surface area contributed by atoms with Crippen LogP contribution < -0.4 is 5.32 Å². The molecule has 0 atom stereocenters. The summed E-state index contributed by atoms with van der Waals surface area (Å²) in [5.41, 5.74) is 2.09. The highest BCUT2D eigenvalue weighted by molar-refractivity contribution is 7.13. The van der Waals surface area contributed by atoms with Crippen molar-refractivity contribution in [1.82, 2.24) is 25.4 Å². The van der Waals surface area contributed by atoms with Gasteiger partial charge >= 0.3 is 0 Å². The number of rotatable bonds is 4. The molecule has 8 heteroatoms. The van der Waals surface area contributed by atoms with Gasteiger partial charge in [0.2, 0.25) is 0 Å². The smallest absolute Gasteiger partial charge is 0.191 e. The van der Waals surface area contributed by atoms with Crippen LogP contribution in [0.5, 0.6) is 0 Å². The van der Waals surface area contributed by atoms with Gasteiger partial charge in [-0.05, 0) is 30.9 Å². The molecule has 110 valence electrons. The molecule has 3 rings (SSSR count). The first-order valence-electron chi connectivity index (χ1n) is 6.62. The highest BCUT2D eigenvalue weighted by Gasteiger charge is 2.12. The molecule has 0 aliphatic rings. The normalized spacial score (nSPS) is 10.4. The van der Waals surface area contributed by atoms with Gasteiger partial charge in [0.15, 0.2) is 11.6 Å². The van der Waals surface area contributed by atoms with E-state index >= 15 is 0 Å². The van der Waals surface area contributed by atoms with E-state index in [1.807, 2.05) is 31.4 Å². The van der Waals surface area contributed by atoms with Gasteiger partial charge in [-0.3, -0.25) is 5.10 Å². The second kappa shape index (κ2) is 5.91. The monoisotopic (exact) mass is 311 g/mol. The molecule has 0 saturated heterocycles. The van der Waals surface area contributed by atoms with Crippen molar-refractivity contribution >= 4 is 17.2 Å². The Bertz CT molecular complexity index is 829. The van der Waals surface area contributed by atoms with Gasteiger partial charge in [-0.15, -0.1) is 16.4 Å². The summed E-state index contributed by atoms with van der Waals surface area (Å²) in [5, 5.41) is 29.5. The molecule has 0 radical (unpaired) electrons. The van der Waals surface area contributed by atoms with E-state index in [9.17, 15) is 5.26 Å². The van der Waals surface area contributed by atoms with E-state index in [4.69, 9.17) is 0 Å². The highest BCUT2D eigenvalue weighted by atomic mass is 32.1. The van der Waals surface area contributed by atoms with Gasteiger partial charge in [0.1, 0.15) is 17.5 Å². The Balaban J connectivity index is 1.76. The lowest BCUT2D eigenvalue weighted by Crippen LogP contribution is -2.08. The number of aromatic nitrogens is 5. The molecule has 0 aliphatic carbocycles. The van der Waals surface area contributed by atoms with Gasteiger partial charge < -0.3 is 5.32 Å². The SMILES string of the molecule is Cc1nnc(NCc2nc(-c3cccs3)n[nH]2)c(C#N)c1C. The Kier molecular flexibility index (Phi) is 3.80. The molecule has 7 nitrogen and oxygen atoms in total. The molecule has 0 aliphatic heterocycles. The van der Waals surface area contributed by atoms with E-state index < -0.39 is 0 Å². The average Bonchev–Trinajstić information content (AvgIpc) is 3.19. The van der Waals surface area contributed by atoms with Crippen LogP contribution in [0.25, 0.3) is 10.7 Å². The zero-order valence-corrected chi connectivity index (χ0v) is 12.9. The first-order valence-corrected chi connectivity index (χ1v) is 7.50. The van der Waals surface area contributed by atoms with E-state index in [2.05, 4.69) is 36.8 Å². The first-order chi connectivity index (χ1) is 10.7.